The number of para-hydroxylation sites is 1. The largest absolute Gasteiger partial charge is 0.418 e. The van der Waals surface area contributed by atoms with Crippen molar-refractivity contribution in [1.82, 2.24) is 10.3 Å². The van der Waals surface area contributed by atoms with Crippen LogP contribution < -0.4 is 10.9 Å². The number of carbonyl (C=O) groups excluding carboxylic acids is 3. The molecule has 0 aliphatic carbocycles. The van der Waals surface area contributed by atoms with Gasteiger partial charge < -0.3 is 0 Å². The molecule has 29 heavy (non-hydrogen) atoms. The summed E-state index contributed by atoms with van der Waals surface area (Å²) >= 11 is 0. The fraction of sp³-hybridized carbons (Fsp3) is 0.250. The second kappa shape index (κ2) is 7.94. The van der Waals surface area contributed by atoms with Crippen molar-refractivity contribution in [2.45, 2.75) is 25.9 Å². The van der Waals surface area contributed by atoms with Crippen LogP contribution in [-0.4, -0.2) is 29.2 Å². The third-order valence-electron chi connectivity index (χ3n) is 4.48. The van der Waals surface area contributed by atoms with Gasteiger partial charge in [0.1, 0.15) is 0 Å². The first-order valence-electron chi connectivity index (χ1n) is 8.86. The Balaban J connectivity index is 1.52. The summed E-state index contributed by atoms with van der Waals surface area (Å²) in [6.45, 7) is 1.85. The molecule has 2 aromatic carbocycles. The first-order chi connectivity index (χ1) is 13.7. The molecule has 152 valence electrons. The van der Waals surface area contributed by atoms with Crippen LogP contribution in [0.2, 0.25) is 0 Å². The molecule has 0 aromatic heterocycles. The molecule has 1 aliphatic rings. The molecule has 3 amide bonds. The number of hydrogen-bond acceptors (Lipinski definition) is 4. The number of hydrazine groups is 1. The summed E-state index contributed by atoms with van der Waals surface area (Å²) in [4.78, 5) is 37.7. The first-order valence-corrected chi connectivity index (χ1v) is 8.86. The fourth-order valence-electron chi connectivity index (χ4n) is 3.04. The molecule has 0 spiro atoms. The molecule has 2 N–H and O–H groups in total. The number of carbonyl (C=O) groups is 3. The van der Waals surface area contributed by atoms with Gasteiger partial charge in [0.2, 0.25) is 5.91 Å². The minimum absolute atomic E-state index is 0.0396. The van der Waals surface area contributed by atoms with Gasteiger partial charge in [-0.15, -0.1) is 0 Å². The summed E-state index contributed by atoms with van der Waals surface area (Å²) in [5, 5.41) is 0. The number of amides is 3. The van der Waals surface area contributed by atoms with E-state index in [1.807, 2.05) is 6.92 Å². The smallest absolute Gasteiger partial charge is 0.298 e. The Morgan fingerprint density at radius 3 is 2.45 bits per heavy atom. The molecule has 3 rings (SSSR count). The maximum atomic E-state index is 12.9. The SMILES string of the molecule is Cc1ccc2c(c1)C(=O)N(CCCC(=O)NNc1ccccc1C(F)(F)F)C2=O. The van der Waals surface area contributed by atoms with Gasteiger partial charge in [0.25, 0.3) is 11.8 Å². The van der Waals surface area contributed by atoms with Crippen molar-refractivity contribution in [3.05, 3.63) is 64.7 Å². The lowest BCUT2D eigenvalue weighted by atomic mass is 10.1. The zero-order valence-corrected chi connectivity index (χ0v) is 15.5. The summed E-state index contributed by atoms with van der Waals surface area (Å²) < 4.78 is 38.8. The highest BCUT2D eigenvalue weighted by Gasteiger charge is 2.35. The van der Waals surface area contributed by atoms with Crippen LogP contribution in [0.1, 0.15) is 44.7 Å². The van der Waals surface area contributed by atoms with Gasteiger partial charge in [-0.05, 0) is 37.6 Å². The van der Waals surface area contributed by atoms with Gasteiger partial charge in [-0.1, -0.05) is 23.8 Å². The molecular formula is C20H18F3N3O3. The Kier molecular flexibility index (Phi) is 5.58. The molecule has 0 bridgehead atoms. The monoisotopic (exact) mass is 405 g/mol. The molecule has 0 unspecified atom stereocenters. The van der Waals surface area contributed by atoms with E-state index >= 15 is 0 Å². The molecule has 6 nitrogen and oxygen atoms in total. The van der Waals surface area contributed by atoms with E-state index in [0.29, 0.717) is 11.1 Å². The van der Waals surface area contributed by atoms with Crippen LogP contribution in [-0.2, 0) is 11.0 Å². The number of benzene rings is 2. The molecule has 0 atom stereocenters. The number of hydrogen-bond donors (Lipinski definition) is 2. The highest BCUT2D eigenvalue weighted by Crippen LogP contribution is 2.34. The second-order valence-electron chi connectivity index (χ2n) is 6.63. The average molecular weight is 405 g/mol. The zero-order valence-electron chi connectivity index (χ0n) is 15.5. The van der Waals surface area contributed by atoms with Crippen LogP contribution in [0, 0.1) is 6.92 Å². The Hall–Kier alpha value is -3.36. The summed E-state index contributed by atoms with van der Waals surface area (Å²) in [6.07, 6.45) is -4.45. The van der Waals surface area contributed by atoms with Gasteiger partial charge in [-0.2, -0.15) is 13.2 Å². The minimum atomic E-state index is -4.56. The summed E-state index contributed by atoms with van der Waals surface area (Å²) in [6, 6.07) is 9.74. The number of fused-ring (bicyclic) bond motifs is 1. The van der Waals surface area contributed by atoms with Crippen LogP contribution in [0.5, 0.6) is 0 Å². The Morgan fingerprint density at radius 2 is 1.72 bits per heavy atom. The number of nitrogens with one attached hydrogen (secondary N) is 2. The molecule has 1 aliphatic heterocycles. The lowest BCUT2D eigenvalue weighted by molar-refractivity contribution is -0.137. The summed E-state index contributed by atoms with van der Waals surface area (Å²) in [7, 11) is 0. The average Bonchev–Trinajstić information content (AvgIpc) is 2.90. The van der Waals surface area contributed by atoms with Crippen LogP contribution in [0.15, 0.2) is 42.5 Å². The van der Waals surface area contributed by atoms with Crippen molar-refractivity contribution in [2.24, 2.45) is 0 Å². The number of nitrogens with zero attached hydrogens (tertiary/aromatic N) is 1. The van der Waals surface area contributed by atoms with E-state index in [9.17, 15) is 27.6 Å². The third-order valence-corrected chi connectivity index (χ3v) is 4.48. The zero-order chi connectivity index (χ0) is 21.2. The number of imide groups is 1. The lowest BCUT2D eigenvalue weighted by Gasteiger charge is -2.16. The summed E-state index contributed by atoms with van der Waals surface area (Å²) in [5.41, 5.74) is 4.82. The van der Waals surface area contributed by atoms with Gasteiger partial charge in [0.05, 0.1) is 22.4 Å². The molecule has 0 fully saturated rings. The first kappa shape index (κ1) is 20.4. The van der Waals surface area contributed by atoms with Crippen LogP contribution in [0.25, 0.3) is 0 Å². The predicted octanol–water partition coefficient (Wildman–Crippen LogP) is 3.53. The molecular weight excluding hydrogens is 387 g/mol. The number of alkyl halides is 3. The number of rotatable bonds is 6. The van der Waals surface area contributed by atoms with E-state index in [-0.39, 0.29) is 25.1 Å². The van der Waals surface area contributed by atoms with Gasteiger partial charge in [0.15, 0.2) is 0 Å². The van der Waals surface area contributed by atoms with Gasteiger partial charge in [-0.3, -0.25) is 30.1 Å². The standard InChI is InChI=1S/C20H18F3N3O3/c1-12-8-9-13-14(11-12)19(29)26(18(13)28)10-4-7-17(27)25-24-16-6-3-2-5-15(16)20(21,22)23/h2-3,5-6,8-9,11,24H,4,7,10H2,1H3,(H,25,27). The maximum absolute atomic E-state index is 12.9. The number of anilines is 1. The van der Waals surface area contributed by atoms with E-state index in [1.54, 1.807) is 18.2 Å². The molecule has 2 aromatic rings. The predicted molar refractivity (Wildman–Crippen MR) is 99.0 cm³/mol. The fourth-order valence-corrected chi connectivity index (χ4v) is 3.04. The quantitative estimate of drug-likeness (QED) is 0.569. The van der Waals surface area contributed by atoms with Crippen molar-refractivity contribution in [3.63, 3.8) is 0 Å². The normalized spacial score (nSPS) is 13.4. The van der Waals surface area contributed by atoms with Crippen molar-refractivity contribution in [3.8, 4) is 0 Å². The topological polar surface area (TPSA) is 78.5 Å². The Morgan fingerprint density at radius 1 is 1.03 bits per heavy atom. The molecule has 0 saturated heterocycles. The molecule has 0 saturated carbocycles. The van der Waals surface area contributed by atoms with Crippen LogP contribution in [0.4, 0.5) is 18.9 Å². The van der Waals surface area contributed by atoms with Crippen molar-refractivity contribution in [2.75, 3.05) is 12.0 Å². The van der Waals surface area contributed by atoms with Crippen molar-refractivity contribution >= 4 is 23.4 Å². The van der Waals surface area contributed by atoms with Gasteiger partial charge >= 0.3 is 6.18 Å². The molecule has 0 radical (unpaired) electrons. The third kappa shape index (κ3) is 4.39. The molecule has 1 heterocycles. The number of halogens is 3. The maximum Gasteiger partial charge on any atom is 0.418 e. The van der Waals surface area contributed by atoms with E-state index in [2.05, 4.69) is 10.9 Å². The second-order valence-corrected chi connectivity index (χ2v) is 6.63. The van der Waals surface area contributed by atoms with Gasteiger partial charge in [-0.25, -0.2) is 0 Å². The van der Waals surface area contributed by atoms with E-state index < -0.39 is 29.5 Å². The Labute approximate surface area is 164 Å². The van der Waals surface area contributed by atoms with E-state index in [1.165, 1.54) is 18.2 Å². The van der Waals surface area contributed by atoms with Crippen LogP contribution in [0.3, 0.4) is 0 Å². The Bertz CT molecular complexity index is 973. The van der Waals surface area contributed by atoms with E-state index in [4.69, 9.17) is 0 Å². The molecule has 9 heteroatoms. The van der Waals surface area contributed by atoms with Crippen molar-refractivity contribution in [1.29, 1.82) is 0 Å². The highest BCUT2D eigenvalue weighted by molar-refractivity contribution is 6.21. The number of aryl methyl sites for hydroxylation is 1. The van der Waals surface area contributed by atoms with E-state index in [0.717, 1.165) is 16.5 Å². The van der Waals surface area contributed by atoms with Crippen LogP contribution >= 0.6 is 0 Å². The minimum Gasteiger partial charge on any atom is -0.298 e. The highest BCUT2D eigenvalue weighted by atomic mass is 19.4. The lowest BCUT2D eigenvalue weighted by Crippen LogP contribution is -2.33. The summed E-state index contributed by atoms with van der Waals surface area (Å²) in [5.74, 6) is -1.39. The van der Waals surface area contributed by atoms with Crippen molar-refractivity contribution < 1.29 is 27.6 Å². The van der Waals surface area contributed by atoms with Gasteiger partial charge in [0, 0.05) is 13.0 Å².